The highest BCUT2D eigenvalue weighted by molar-refractivity contribution is 7.92. The molecule has 8 nitrogen and oxygen atoms in total. The zero-order valence-electron chi connectivity index (χ0n) is 12.8. The topological polar surface area (TPSA) is 103 Å². The van der Waals surface area contributed by atoms with Gasteiger partial charge >= 0.3 is 18.0 Å². The predicted octanol–water partition coefficient (Wildman–Crippen LogP) is 2.27. The van der Waals surface area contributed by atoms with Gasteiger partial charge in [-0.25, -0.2) is 9.19 Å². The summed E-state index contributed by atoms with van der Waals surface area (Å²) in [5, 5.41) is 3.28. The van der Waals surface area contributed by atoms with Crippen molar-refractivity contribution in [2.75, 3.05) is 12.5 Å². The number of carbonyl (C=O) groups excluding carboxylic acids is 1. The molecule has 132 valence electrons. The Morgan fingerprint density at radius 1 is 1.32 bits per heavy atom. The number of halogens is 3. The number of nitrogens with zero attached hydrogens (tertiary/aromatic N) is 5. The second-order valence-electron chi connectivity index (χ2n) is 5.31. The van der Waals surface area contributed by atoms with Crippen molar-refractivity contribution < 1.29 is 26.7 Å². The van der Waals surface area contributed by atoms with E-state index in [2.05, 4.69) is 24.0 Å². The Bertz CT molecular complexity index is 1080. The molecule has 0 unspecified atom stereocenters. The third kappa shape index (κ3) is 3.68. The van der Waals surface area contributed by atoms with E-state index >= 15 is 0 Å². The molecule has 0 aliphatic heterocycles. The molecule has 25 heavy (non-hydrogen) atoms. The minimum absolute atomic E-state index is 0.0438. The lowest BCUT2D eigenvalue weighted by Crippen LogP contribution is -2.04. The van der Waals surface area contributed by atoms with Crippen LogP contribution < -0.4 is 0 Å². The number of fused-ring (bicyclic) bond motifs is 1. The summed E-state index contributed by atoms with van der Waals surface area (Å²) < 4.78 is 58.3. The first kappa shape index (κ1) is 17.1. The zero-order valence-corrected chi connectivity index (χ0v) is 13.6. The number of hydrogen-bond donors (Lipinski definition) is 0. The maximum atomic E-state index is 12.5. The molecule has 0 aliphatic carbocycles. The summed E-state index contributed by atoms with van der Waals surface area (Å²) in [5.41, 5.74) is 0.439. The summed E-state index contributed by atoms with van der Waals surface area (Å²) in [7, 11) is -2.63. The molecular formula is C13H10F3N5O3S. The summed E-state index contributed by atoms with van der Waals surface area (Å²) in [6.07, 6.45) is 0.721. The van der Waals surface area contributed by atoms with Gasteiger partial charge in [-0.05, 0) is 12.1 Å². The van der Waals surface area contributed by atoms with Gasteiger partial charge in [0, 0.05) is 40.2 Å². The zero-order chi connectivity index (χ0) is 18.4. The summed E-state index contributed by atoms with van der Waals surface area (Å²) in [6.45, 7) is 0. The highest BCUT2D eigenvalue weighted by Gasteiger charge is 2.38. The predicted molar refractivity (Wildman–Crippen MR) is 80.2 cm³/mol. The van der Waals surface area contributed by atoms with Gasteiger partial charge in [-0.1, -0.05) is 5.16 Å². The van der Waals surface area contributed by atoms with Crippen LogP contribution in [0.3, 0.4) is 0 Å². The van der Waals surface area contributed by atoms with Gasteiger partial charge < -0.3 is 8.92 Å². The van der Waals surface area contributed by atoms with Crippen molar-refractivity contribution in [3.8, 4) is 11.4 Å². The molecule has 3 heterocycles. The van der Waals surface area contributed by atoms with Crippen LogP contribution in [0.5, 0.6) is 0 Å². The molecule has 0 atom stereocenters. The number of hydrogen-bond acceptors (Lipinski definition) is 6. The standard InChI is InChI=1S/C13H10F3N5O3S/c1-25(2,23)20-11(22)8-6-21-4-3-7(5-9(21)17-8)10-18-12(24-19-10)13(14,15)16/h3-6H,1-2H3. The molecule has 0 radical (unpaired) electrons. The number of carbonyl (C=O) groups is 1. The molecule has 3 rings (SSSR count). The maximum absolute atomic E-state index is 12.5. The third-order valence-corrected chi connectivity index (χ3v) is 3.51. The average molecular weight is 373 g/mol. The van der Waals surface area contributed by atoms with E-state index < -0.39 is 27.7 Å². The van der Waals surface area contributed by atoms with Gasteiger partial charge in [-0.3, -0.25) is 4.79 Å². The molecular weight excluding hydrogens is 363 g/mol. The molecule has 0 saturated carbocycles. The molecule has 0 saturated heterocycles. The highest BCUT2D eigenvalue weighted by atomic mass is 32.2. The van der Waals surface area contributed by atoms with Gasteiger partial charge in [0.15, 0.2) is 0 Å². The number of pyridine rings is 1. The Balaban J connectivity index is 2.00. The van der Waals surface area contributed by atoms with Crippen LogP contribution in [-0.2, 0) is 15.9 Å². The van der Waals surface area contributed by atoms with Crippen LogP contribution in [-0.4, -0.2) is 42.2 Å². The van der Waals surface area contributed by atoms with Crippen molar-refractivity contribution in [3.63, 3.8) is 0 Å². The monoisotopic (exact) mass is 373 g/mol. The molecule has 3 aromatic rings. The van der Waals surface area contributed by atoms with Crippen LogP contribution in [0.25, 0.3) is 17.0 Å². The van der Waals surface area contributed by atoms with Gasteiger partial charge in [0.05, 0.1) is 0 Å². The number of imidazole rings is 1. The fourth-order valence-electron chi connectivity index (χ4n) is 1.93. The lowest BCUT2D eigenvalue weighted by atomic mass is 10.2. The number of aromatic nitrogens is 4. The van der Waals surface area contributed by atoms with E-state index in [1.54, 1.807) is 0 Å². The molecule has 12 heteroatoms. The first-order valence-electron chi connectivity index (χ1n) is 6.64. The lowest BCUT2D eigenvalue weighted by Gasteiger charge is -1.97. The van der Waals surface area contributed by atoms with Crippen molar-refractivity contribution in [1.82, 2.24) is 19.5 Å². The van der Waals surface area contributed by atoms with Gasteiger partial charge in [0.1, 0.15) is 11.3 Å². The Kier molecular flexibility index (Phi) is 3.86. The van der Waals surface area contributed by atoms with Crippen LogP contribution in [0, 0.1) is 0 Å². The number of alkyl halides is 3. The first-order valence-corrected chi connectivity index (χ1v) is 8.97. The minimum atomic E-state index is -4.74. The van der Waals surface area contributed by atoms with E-state index in [0.29, 0.717) is 0 Å². The average Bonchev–Trinajstić information content (AvgIpc) is 3.11. The van der Waals surface area contributed by atoms with Crippen LogP contribution in [0.4, 0.5) is 13.2 Å². The lowest BCUT2D eigenvalue weighted by molar-refractivity contribution is -0.159. The smallest absolute Gasteiger partial charge is 0.329 e. The SMILES string of the molecule is CS(C)(=O)=NC(=O)c1cn2ccc(-c3noc(C(F)(F)F)n3)cc2n1. The van der Waals surface area contributed by atoms with Gasteiger partial charge in [-0.2, -0.15) is 22.5 Å². The largest absolute Gasteiger partial charge is 0.471 e. The van der Waals surface area contributed by atoms with Gasteiger partial charge in [-0.15, -0.1) is 0 Å². The van der Waals surface area contributed by atoms with Crippen LogP contribution in [0.15, 0.2) is 33.4 Å². The molecule has 1 amide bonds. The quantitative estimate of drug-likeness (QED) is 0.683. The van der Waals surface area contributed by atoms with Crippen LogP contribution >= 0.6 is 0 Å². The van der Waals surface area contributed by atoms with E-state index in [4.69, 9.17) is 0 Å². The van der Waals surface area contributed by atoms with E-state index in [9.17, 15) is 22.2 Å². The summed E-state index contributed by atoms with van der Waals surface area (Å²) in [6, 6.07) is 2.82. The molecule has 0 bridgehead atoms. The summed E-state index contributed by atoms with van der Waals surface area (Å²) in [4.78, 5) is 19.2. The van der Waals surface area contributed by atoms with Gasteiger partial charge in [0.25, 0.3) is 0 Å². The Morgan fingerprint density at radius 2 is 2.04 bits per heavy atom. The van der Waals surface area contributed by atoms with Crippen molar-refractivity contribution in [2.45, 2.75) is 6.18 Å². The summed E-state index contributed by atoms with van der Waals surface area (Å²) >= 11 is 0. The third-order valence-electron chi connectivity index (χ3n) is 2.91. The minimum Gasteiger partial charge on any atom is -0.329 e. The normalized spacial score (nSPS) is 12.5. The first-order chi connectivity index (χ1) is 11.5. The Hall–Kier alpha value is -2.76. The van der Waals surface area contributed by atoms with E-state index in [1.807, 2.05) is 0 Å². The second-order valence-corrected chi connectivity index (χ2v) is 7.85. The molecule has 0 fully saturated rings. The Labute approximate surface area is 138 Å². The number of rotatable bonds is 2. The van der Waals surface area contributed by atoms with Gasteiger partial charge in [0.2, 0.25) is 5.82 Å². The van der Waals surface area contributed by atoms with Crippen molar-refractivity contribution >= 4 is 21.3 Å². The molecule has 0 spiro atoms. The fraction of sp³-hybridized carbons (Fsp3) is 0.231. The van der Waals surface area contributed by atoms with Crippen molar-refractivity contribution in [3.05, 3.63) is 36.1 Å². The van der Waals surface area contributed by atoms with Crippen LogP contribution in [0.1, 0.15) is 16.4 Å². The summed E-state index contributed by atoms with van der Waals surface area (Å²) in [5.74, 6) is -2.47. The molecule has 0 aromatic carbocycles. The van der Waals surface area contributed by atoms with Crippen LogP contribution in [0.2, 0.25) is 0 Å². The number of amides is 1. The van der Waals surface area contributed by atoms with E-state index in [1.165, 1.54) is 41.4 Å². The molecule has 0 N–H and O–H groups in total. The molecule has 0 aliphatic rings. The second kappa shape index (κ2) is 5.65. The van der Waals surface area contributed by atoms with Crippen molar-refractivity contribution in [1.29, 1.82) is 0 Å². The van der Waals surface area contributed by atoms with E-state index in [0.717, 1.165) is 0 Å². The van der Waals surface area contributed by atoms with E-state index in [-0.39, 0.29) is 22.7 Å². The molecule has 3 aromatic heterocycles. The van der Waals surface area contributed by atoms with Crippen molar-refractivity contribution in [2.24, 2.45) is 4.36 Å². The Morgan fingerprint density at radius 3 is 2.64 bits per heavy atom. The maximum Gasteiger partial charge on any atom is 0.471 e. The fourth-order valence-corrected chi connectivity index (χ4v) is 2.42. The highest BCUT2D eigenvalue weighted by Crippen LogP contribution is 2.29.